The van der Waals surface area contributed by atoms with Gasteiger partial charge in [-0.05, 0) is 0 Å². The first-order valence-corrected chi connectivity index (χ1v) is 4.55. The highest BCUT2D eigenvalue weighted by Crippen LogP contribution is 2.00. The maximum Gasteiger partial charge on any atom is 0.255 e. The summed E-state index contributed by atoms with van der Waals surface area (Å²) in [6.45, 7) is 0.322. The van der Waals surface area contributed by atoms with Crippen LogP contribution in [0.25, 0.3) is 0 Å². The minimum absolute atomic E-state index is 0.000451. The van der Waals surface area contributed by atoms with Crippen LogP contribution in [0.3, 0.4) is 0 Å². The molecule has 0 N–H and O–H groups in total. The van der Waals surface area contributed by atoms with Gasteiger partial charge in [0.1, 0.15) is 13.2 Å². The highest BCUT2D eigenvalue weighted by Gasteiger charge is 2.24. The molecular weight excluding hydrogens is 190 g/mol. The molecule has 5 heteroatoms. The zero-order valence-corrected chi connectivity index (χ0v) is 8.00. The van der Waals surface area contributed by atoms with E-state index in [1.807, 2.05) is 0 Å². The van der Waals surface area contributed by atoms with Crippen molar-refractivity contribution in [2.24, 2.45) is 0 Å². The van der Waals surface area contributed by atoms with Gasteiger partial charge in [0.05, 0.1) is 0 Å². The van der Waals surface area contributed by atoms with Crippen LogP contribution in [0.4, 0.5) is 0 Å². The second-order valence-electron chi connectivity index (χ2n) is 2.54. The summed E-state index contributed by atoms with van der Waals surface area (Å²) in [6.07, 6.45) is 3.53. The molecule has 1 saturated heterocycles. The quantitative estimate of drug-likeness (QED) is 0.393. The van der Waals surface area contributed by atoms with Gasteiger partial charge in [-0.25, -0.2) is 0 Å². The van der Waals surface area contributed by atoms with Crippen molar-refractivity contribution in [2.75, 3.05) is 25.5 Å². The highest BCUT2D eigenvalue weighted by molar-refractivity contribution is 7.80. The van der Waals surface area contributed by atoms with Gasteiger partial charge in [-0.3, -0.25) is 14.5 Å². The minimum Gasteiger partial charge on any atom is -0.362 e. The van der Waals surface area contributed by atoms with Gasteiger partial charge >= 0.3 is 0 Å². The van der Waals surface area contributed by atoms with Gasteiger partial charge in [-0.1, -0.05) is 12.2 Å². The molecule has 1 rings (SSSR count). The zero-order valence-electron chi connectivity index (χ0n) is 7.10. The van der Waals surface area contributed by atoms with Crippen LogP contribution in [0.15, 0.2) is 12.2 Å². The summed E-state index contributed by atoms with van der Waals surface area (Å²) >= 11 is 3.96. The number of amides is 2. The van der Waals surface area contributed by atoms with E-state index in [1.165, 1.54) is 4.90 Å². The fraction of sp³-hybridized carbons (Fsp3) is 0.500. The molecule has 0 saturated carbocycles. The minimum atomic E-state index is -0.278. The van der Waals surface area contributed by atoms with Gasteiger partial charge in [0.15, 0.2) is 0 Å². The summed E-state index contributed by atoms with van der Waals surface area (Å²) in [6, 6.07) is 0. The average Bonchev–Trinajstić information content (AvgIpc) is 2.10. The third-order valence-electron chi connectivity index (χ3n) is 1.61. The molecule has 1 fully saturated rings. The van der Waals surface area contributed by atoms with Crippen molar-refractivity contribution in [1.29, 1.82) is 0 Å². The number of carbonyl (C=O) groups excluding carboxylic acids is 2. The van der Waals surface area contributed by atoms with Crippen molar-refractivity contribution in [3.05, 3.63) is 12.2 Å². The number of imide groups is 1. The Morgan fingerprint density at radius 3 is 2.46 bits per heavy atom. The Kier molecular flexibility index (Phi) is 3.98. The number of hydrogen-bond donors (Lipinski definition) is 1. The van der Waals surface area contributed by atoms with Crippen LogP contribution in [0.1, 0.15) is 0 Å². The molecule has 13 heavy (non-hydrogen) atoms. The van der Waals surface area contributed by atoms with Crippen molar-refractivity contribution < 1.29 is 14.3 Å². The Bertz CT molecular complexity index is 224. The molecule has 0 aromatic rings. The standard InChI is InChI=1S/C8H11NO3S/c10-7-5-12-6-8(11)9(7)3-1-2-4-13/h1-2,13H,3-6H2/b2-1+. The van der Waals surface area contributed by atoms with E-state index in [2.05, 4.69) is 12.6 Å². The zero-order chi connectivity index (χ0) is 9.68. The van der Waals surface area contributed by atoms with Crippen molar-refractivity contribution >= 4 is 24.4 Å². The second-order valence-corrected chi connectivity index (χ2v) is 2.91. The van der Waals surface area contributed by atoms with Crippen molar-refractivity contribution in [1.82, 2.24) is 4.90 Å². The Morgan fingerprint density at radius 2 is 1.92 bits per heavy atom. The maximum absolute atomic E-state index is 11.1. The van der Waals surface area contributed by atoms with Gasteiger partial charge in [-0.2, -0.15) is 12.6 Å². The molecule has 72 valence electrons. The lowest BCUT2D eigenvalue weighted by Crippen LogP contribution is -2.46. The summed E-state index contributed by atoms with van der Waals surface area (Å²) in [5.41, 5.74) is 0. The normalized spacial score (nSPS) is 18.7. The summed E-state index contributed by atoms with van der Waals surface area (Å²) in [4.78, 5) is 23.4. The summed E-state index contributed by atoms with van der Waals surface area (Å²) in [7, 11) is 0. The summed E-state index contributed by atoms with van der Waals surface area (Å²) in [5, 5.41) is 0. The lowest BCUT2D eigenvalue weighted by molar-refractivity contribution is -0.157. The predicted octanol–water partition coefficient (Wildman–Crippen LogP) is -0.142. The van der Waals surface area contributed by atoms with Crippen LogP contribution in [0.2, 0.25) is 0 Å². The fourth-order valence-electron chi connectivity index (χ4n) is 0.979. The monoisotopic (exact) mass is 201 g/mol. The molecule has 4 nitrogen and oxygen atoms in total. The molecule has 1 heterocycles. The first-order chi connectivity index (χ1) is 6.25. The van der Waals surface area contributed by atoms with Gasteiger partial charge in [0, 0.05) is 12.3 Å². The second kappa shape index (κ2) is 5.04. The van der Waals surface area contributed by atoms with Crippen molar-refractivity contribution in [3.8, 4) is 0 Å². The fourth-order valence-corrected chi connectivity index (χ4v) is 1.13. The number of carbonyl (C=O) groups is 2. The van der Waals surface area contributed by atoms with Gasteiger partial charge in [-0.15, -0.1) is 0 Å². The Morgan fingerprint density at radius 1 is 1.31 bits per heavy atom. The van der Waals surface area contributed by atoms with Gasteiger partial charge < -0.3 is 4.74 Å². The molecule has 0 aromatic carbocycles. The largest absolute Gasteiger partial charge is 0.362 e. The van der Waals surface area contributed by atoms with Crippen LogP contribution in [0, 0.1) is 0 Å². The van der Waals surface area contributed by atoms with E-state index in [9.17, 15) is 9.59 Å². The van der Waals surface area contributed by atoms with E-state index >= 15 is 0 Å². The number of thiol groups is 1. The van der Waals surface area contributed by atoms with E-state index in [0.29, 0.717) is 12.3 Å². The maximum atomic E-state index is 11.1. The van der Waals surface area contributed by atoms with Crippen LogP contribution in [-0.2, 0) is 14.3 Å². The number of morpholine rings is 1. The van der Waals surface area contributed by atoms with Crippen LogP contribution in [0.5, 0.6) is 0 Å². The van der Waals surface area contributed by atoms with Gasteiger partial charge in [0.25, 0.3) is 11.8 Å². The first-order valence-electron chi connectivity index (χ1n) is 3.92. The third-order valence-corrected chi connectivity index (χ3v) is 1.82. The molecular formula is C8H11NO3S. The molecule has 1 aliphatic heterocycles. The van der Waals surface area contributed by atoms with Gasteiger partial charge in [0.2, 0.25) is 0 Å². The number of rotatable bonds is 3. The lowest BCUT2D eigenvalue weighted by atomic mass is 10.3. The highest BCUT2D eigenvalue weighted by atomic mass is 32.1. The third kappa shape index (κ3) is 2.86. The molecule has 0 aliphatic carbocycles. The number of hydrogen-bond acceptors (Lipinski definition) is 4. The molecule has 0 spiro atoms. The van der Waals surface area contributed by atoms with Crippen molar-refractivity contribution in [2.45, 2.75) is 0 Å². The predicted molar refractivity (Wildman–Crippen MR) is 50.5 cm³/mol. The van der Waals surface area contributed by atoms with E-state index in [1.54, 1.807) is 12.2 Å². The van der Waals surface area contributed by atoms with E-state index in [0.717, 1.165) is 0 Å². The summed E-state index contributed by atoms with van der Waals surface area (Å²) in [5.74, 6) is 0.0485. The SMILES string of the molecule is O=C1COCC(=O)N1C/C=C/CS. The number of ether oxygens (including phenoxy) is 1. The Balaban J connectivity index is 2.49. The lowest BCUT2D eigenvalue weighted by Gasteiger charge is -2.23. The topological polar surface area (TPSA) is 46.6 Å². The average molecular weight is 201 g/mol. The van der Waals surface area contributed by atoms with Crippen LogP contribution < -0.4 is 0 Å². The van der Waals surface area contributed by atoms with E-state index < -0.39 is 0 Å². The van der Waals surface area contributed by atoms with E-state index in [-0.39, 0.29) is 25.0 Å². The van der Waals surface area contributed by atoms with Crippen LogP contribution in [-0.4, -0.2) is 42.2 Å². The number of nitrogens with zero attached hydrogens (tertiary/aromatic N) is 1. The van der Waals surface area contributed by atoms with Crippen molar-refractivity contribution in [3.63, 3.8) is 0 Å². The Hall–Kier alpha value is -0.810. The molecule has 0 atom stereocenters. The first kappa shape index (κ1) is 10.3. The molecule has 0 aromatic heterocycles. The smallest absolute Gasteiger partial charge is 0.255 e. The molecule has 2 amide bonds. The summed E-state index contributed by atoms with van der Waals surface area (Å²) < 4.78 is 4.75. The molecule has 0 unspecified atom stereocenters. The van der Waals surface area contributed by atoms with E-state index in [4.69, 9.17) is 4.74 Å². The molecule has 1 aliphatic rings. The van der Waals surface area contributed by atoms with Crippen LogP contribution >= 0.6 is 12.6 Å². The Labute approximate surface area is 81.9 Å². The molecule has 0 bridgehead atoms. The molecule has 0 radical (unpaired) electrons.